The molecule has 0 saturated heterocycles. The molecular formula is C70H62BN3. The molecule has 0 amide bonds. The molecule has 0 radical (unpaired) electrons. The Balaban J connectivity index is 1.09. The van der Waals surface area contributed by atoms with Gasteiger partial charge in [-0.25, -0.2) is 0 Å². The van der Waals surface area contributed by atoms with Crippen molar-refractivity contribution in [3.8, 4) is 22.3 Å². The molecule has 360 valence electrons. The fourth-order valence-corrected chi connectivity index (χ4v) is 15.7. The summed E-state index contributed by atoms with van der Waals surface area (Å²) in [5, 5.41) is 0. The third kappa shape index (κ3) is 5.54. The van der Waals surface area contributed by atoms with Crippen LogP contribution >= 0.6 is 0 Å². The molecule has 2 aliphatic carbocycles. The van der Waals surface area contributed by atoms with E-state index in [-0.39, 0.29) is 28.5 Å². The summed E-state index contributed by atoms with van der Waals surface area (Å²) < 4.78 is 0. The van der Waals surface area contributed by atoms with E-state index in [0.717, 1.165) is 31.4 Å². The molecule has 74 heavy (non-hydrogen) atoms. The molecule has 4 heterocycles. The van der Waals surface area contributed by atoms with Gasteiger partial charge in [0.05, 0.1) is 11.1 Å². The lowest BCUT2D eigenvalue weighted by atomic mass is 9.33. The summed E-state index contributed by atoms with van der Waals surface area (Å²) in [7, 11) is 0. The van der Waals surface area contributed by atoms with Gasteiger partial charge in [0.1, 0.15) is 0 Å². The Morgan fingerprint density at radius 3 is 1.65 bits per heavy atom. The van der Waals surface area contributed by atoms with Gasteiger partial charge in [0.15, 0.2) is 0 Å². The van der Waals surface area contributed by atoms with E-state index in [4.69, 9.17) is 0 Å². The summed E-state index contributed by atoms with van der Waals surface area (Å²) in [6.07, 6.45) is 4.28. The van der Waals surface area contributed by atoms with Gasteiger partial charge < -0.3 is 14.7 Å². The van der Waals surface area contributed by atoms with Crippen molar-refractivity contribution in [2.24, 2.45) is 0 Å². The highest BCUT2D eigenvalue weighted by atomic mass is 15.3. The number of hydrogen-bond acceptors (Lipinski definition) is 3. The number of benzene rings is 9. The first-order valence-electron chi connectivity index (χ1n) is 27.2. The number of rotatable bonds is 4. The first-order valence-corrected chi connectivity index (χ1v) is 27.2. The highest BCUT2D eigenvalue weighted by molar-refractivity contribution is 7.00. The van der Waals surface area contributed by atoms with E-state index in [9.17, 15) is 0 Å². The van der Waals surface area contributed by atoms with Crippen LogP contribution in [-0.4, -0.2) is 6.71 Å². The Morgan fingerprint density at radius 2 is 0.973 bits per heavy atom. The minimum absolute atomic E-state index is 0.00675. The van der Waals surface area contributed by atoms with Crippen molar-refractivity contribution >= 4 is 62.9 Å². The first-order chi connectivity index (χ1) is 35.8. The minimum atomic E-state index is -0.398. The number of anilines is 7. The molecule has 9 aromatic carbocycles. The zero-order valence-electron chi connectivity index (χ0n) is 43.8. The van der Waals surface area contributed by atoms with Crippen LogP contribution in [0.25, 0.3) is 22.3 Å². The normalized spacial score (nSPS) is 23.2. The molecule has 3 nitrogen and oxygen atoms in total. The fourth-order valence-electron chi connectivity index (χ4n) is 15.7. The van der Waals surface area contributed by atoms with E-state index in [0.29, 0.717) is 0 Å². The van der Waals surface area contributed by atoms with Gasteiger partial charge in [-0.15, -0.1) is 0 Å². The number of hydrogen-bond donors (Lipinski definition) is 0. The molecule has 9 aromatic rings. The molecule has 0 aromatic heterocycles. The largest absolute Gasteiger partial charge is 0.331 e. The van der Waals surface area contributed by atoms with E-state index in [1.807, 2.05) is 0 Å². The van der Waals surface area contributed by atoms with Crippen molar-refractivity contribution < 1.29 is 0 Å². The van der Waals surface area contributed by atoms with Crippen molar-refractivity contribution in [1.29, 1.82) is 0 Å². The Labute approximate surface area is 438 Å². The Kier molecular flexibility index (Phi) is 8.94. The van der Waals surface area contributed by atoms with E-state index in [1.165, 1.54) is 112 Å². The zero-order valence-corrected chi connectivity index (χ0v) is 43.8. The van der Waals surface area contributed by atoms with Gasteiger partial charge >= 0.3 is 0 Å². The minimum Gasteiger partial charge on any atom is -0.331 e. The fraction of sp³-hybridized carbons (Fsp3) is 0.229. The standard InChI is InChI=1S/C70H62BN3/c1-66(2,3)51-33-35-60-57(42-51)68(5)39-37-47-24-14-16-28-54(47)69(68,6)73(60)53-43-62-64-63(44-53)74-65-56(67(4)38-36-48-25-15-17-29-55(48)70(67,74)7)30-19-31-59(65)71(64)58-34-32-50(46-22-12-9-13-23-46)41-61(58)72(62)52-27-18-26-49(40-52)45-20-10-8-11-21-45/h8-35,40-44H,36-39H2,1-7H3. The molecule has 0 bridgehead atoms. The summed E-state index contributed by atoms with van der Waals surface area (Å²) in [6.45, 7) is 17.5. The molecular weight excluding hydrogens is 894 g/mol. The van der Waals surface area contributed by atoms with E-state index >= 15 is 0 Å². The van der Waals surface area contributed by atoms with Gasteiger partial charge in [0.25, 0.3) is 6.71 Å². The monoisotopic (exact) mass is 956 g/mol. The molecule has 6 aliphatic rings. The smallest absolute Gasteiger partial charge is 0.252 e. The van der Waals surface area contributed by atoms with Gasteiger partial charge in [-0.2, -0.15) is 0 Å². The Morgan fingerprint density at radius 1 is 0.405 bits per heavy atom. The van der Waals surface area contributed by atoms with Crippen molar-refractivity contribution in [3.63, 3.8) is 0 Å². The average molecular weight is 956 g/mol. The molecule has 0 N–H and O–H groups in total. The predicted octanol–water partition coefficient (Wildman–Crippen LogP) is 15.5. The van der Waals surface area contributed by atoms with Gasteiger partial charge in [0, 0.05) is 50.6 Å². The second kappa shape index (κ2) is 15.0. The lowest BCUT2D eigenvalue weighted by Gasteiger charge is -2.54. The lowest BCUT2D eigenvalue weighted by molar-refractivity contribution is 0.244. The Bertz CT molecular complexity index is 3830. The average Bonchev–Trinajstić information content (AvgIpc) is 4.04. The van der Waals surface area contributed by atoms with Gasteiger partial charge in [-0.3, -0.25) is 0 Å². The Hall–Kier alpha value is -7.56. The van der Waals surface area contributed by atoms with Crippen LogP contribution in [-0.2, 0) is 40.2 Å². The third-order valence-corrected chi connectivity index (χ3v) is 19.9. The quantitative estimate of drug-likeness (QED) is 0.163. The van der Waals surface area contributed by atoms with Crippen LogP contribution in [0, 0.1) is 0 Å². The van der Waals surface area contributed by atoms with Gasteiger partial charge in [-0.1, -0.05) is 198 Å². The number of nitrogens with zero attached hydrogens (tertiary/aromatic N) is 3. The maximum atomic E-state index is 2.88. The lowest BCUT2D eigenvalue weighted by Crippen LogP contribution is -2.64. The van der Waals surface area contributed by atoms with Crippen LogP contribution in [0.1, 0.15) is 100 Å². The summed E-state index contributed by atoms with van der Waals surface area (Å²) in [5.41, 5.74) is 27.0. The van der Waals surface area contributed by atoms with Crippen molar-refractivity contribution in [2.75, 3.05) is 14.7 Å². The molecule has 4 aliphatic heterocycles. The first kappa shape index (κ1) is 44.0. The third-order valence-electron chi connectivity index (χ3n) is 19.9. The molecule has 4 atom stereocenters. The van der Waals surface area contributed by atoms with Crippen LogP contribution in [0.2, 0.25) is 0 Å². The van der Waals surface area contributed by atoms with Crippen molar-refractivity contribution in [2.45, 2.75) is 101 Å². The summed E-state index contributed by atoms with van der Waals surface area (Å²) in [4.78, 5) is 8.36. The number of para-hydroxylation sites is 1. The van der Waals surface area contributed by atoms with E-state index in [2.05, 4.69) is 263 Å². The van der Waals surface area contributed by atoms with E-state index < -0.39 is 5.54 Å². The van der Waals surface area contributed by atoms with E-state index in [1.54, 1.807) is 0 Å². The number of fused-ring (bicyclic) bond motifs is 14. The molecule has 0 fully saturated rings. The summed E-state index contributed by atoms with van der Waals surface area (Å²) in [6, 6.07) is 77.5. The highest BCUT2D eigenvalue weighted by Crippen LogP contribution is 2.67. The zero-order chi connectivity index (χ0) is 50.1. The molecule has 0 saturated carbocycles. The van der Waals surface area contributed by atoms with Crippen LogP contribution in [0.4, 0.5) is 39.8 Å². The maximum absolute atomic E-state index is 2.88. The van der Waals surface area contributed by atoms with Crippen molar-refractivity contribution in [3.05, 3.63) is 239 Å². The SMILES string of the molecule is CC(C)(C)c1ccc2c(c1)C1(C)CCc3ccccc3C1(C)N2c1cc2c3c(c1)N1c4c(cccc4C4(C)CCc5ccccc5C14C)B3c1ccc(-c3ccccc3)cc1N2c1cccc(-c2ccccc2)c1. The predicted molar refractivity (Wildman–Crippen MR) is 311 cm³/mol. The maximum Gasteiger partial charge on any atom is 0.252 e. The molecule has 4 heteroatoms. The van der Waals surface area contributed by atoms with Gasteiger partial charge in [-0.05, 0) is 159 Å². The second-order valence-corrected chi connectivity index (χ2v) is 24.2. The van der Waals surface area contributed by atoms with Gasteiger partial charge in [0.2, 0.25) is 0 Å². The second-order valence-electron chi connectivity index (χ2n) is 24.2. The molecule has 4 unspecified atom stereocenters. The topological polar surface area (TPSA) is 9.72 Å². The highest BCUT2D eigenvalue weighted by Gasteiger charge is 2.64. The summed E-state index contributed by atoms with van der Waals surface area (Å²) in [5.74, 6) is 0. The van der Waals surface area contributed by atoms with Crippen molar-refractivity contribution in [1.82, 2.24) is 0 Å². The molecule has 0 spiro atoms. The molecule has 15 rings (SSSR count). The van der Waals surface area contributed by atoms with Crippen LogP contribution in [0.15, 0.2) is 200 Å². The summed E-state index contributed by atoms with van der Waals surface area (Å²) >= 11 is 0. The van der Waals surface area contributed by atoms with Crippen LogP contribution < -0.4 is 31.1 Å². The van der Waals surface area contributed by atoms with Crippen LogP contribution in [0.5, 0.6) is 0 Å². The number of aryl methyl sites for hydroxylation is 2. The van der Waals surface area contributed by atoms with Crippen LogP contribution in [0.3, 0.4) is 0 Å².